The molecule has 0 unspecified atom stereocenters. The summed E-state index contributed by atoms with van der Waals surface area (Å²) in [5.74, 6) is -0.395. The van der Waals surface area contributed by atoms with E-state index < -0.39 is 23.7 Å². The minimum absolute atomic E-state index is 0.00854. The molecular formula is C20H22F3N3O3. The largest absolute Gasteiger partial charge is 0.491 e. The maximum Gasteiger partial charge on any atom is 0.416 e. The zero-order chi connectivity index (χ0) is 21.3. The maximum absolute atomic E-state index is 13.0. The molecular weight excluding hydrogens is 387 g/mol. The molecule has 2 aromatic rings. The highest BCUT2D eigenvalue weighted by Gasteiger charge is 2.31. The number of alkyl halides is 3. The van der Waals surface area contributed by atoms with Crippen molar-refractivity contribution in [3.05, 3.63) is 54.1 Å². The third-order valence-corrected chi connectivity index (χ3v) is 3.71. The number of hydrogen-bond donors (Lipinski definition) is 3. The average molecular weight is 409 g/mol. The second-order valence-corrected chi connectivity index (χ2v) is 6.10. The van der Waals surface area contributed by atoms with Crippen molar-refractivity contribution in [1.29, 1.82) is 0 Å². The molecule has 2 rings (SSSR count). The Morgan fingerprint density at radius 2 is 1.76 bits per heavy atom. The van der Waals surface area contributed by atoms with Gasteiger partial charge in [0, 0.05) is 18.7 Å². The lowest BCUT2D eigenvalue weighted by molar-refractivity contribution is -0.137. The van der Waals surface area contributed by atoms with E-state index in [2.05, 4.69) is 16.0 Å². The third-order valence-electron chi connectivity index (χ3n) is 3.71. The van der Waals surface area contributed by atoms with Gasteiger partial charge in [-0.3, -0.25) is 4.79 Å². The van der Waals surface area contributed by atoms with Crippen LogP contribution in [0.1, 0.15) is 25.3 Å². The van der Waals surface area contributed by atoms with Crippen molar-refractivity contribution < 1.29 is 27.5 Å². The summed E-state index contributed by atoms with van der Waals surface area (Å²) in [6, 6.07) is 11.2. The first-order valence-electron chi connectivity index (χ1n) is 9.03. The van der Waals surface area contributed by atoms with Crippen molar-refractivity contribution in [2.75, 3.05) is 23.8 Å². The van der Waals surface area contributed by atoms with Crippen LogP contribution >= 0.6 is 0 Å². The van der Waals surface area contributed by atoms with Gasteiger partial charge >= 0.3 is 12.2 Å². The Kier molecular flexibility index (Phi) is 7.88. The predicted molar refractivity (Wildman–Crippen MR) is 104 cm³/mol. The van der Waals surface area contributed by atoms with Crippen LogP contribution in [0.2, 0.25) is 0 Å². The number of urea groups is 1. The molecule has 0 fully saturated rings. The second-order valence-electron chi connectivity index (χ2n) is 6.10. The molecule has 3 N–H and O–H groups in total. The molecule has 0 bridgehead atoms. The first-order valence-corrected chi connectivity index (χ1v) is 9.03. The molecule has 0 saturated carbocycles. The summed E-state index contributed by atoms with van der Waals surface area (Å²) in [7, 11) is 0. The summed E-state index contributed by atoms with van der Waals surface area (Å²) < 4.78 is 44.3. The van der Waals surface area contributed by atoms with Crippen molar-refractivity contribution >= 4 is 23.3 Å². The zero-order valence-electron chi connectivity index (χ0n) is 15.8. The Balaban J connectivity index is 1.92. The Morgan fingerprint density at radius 1 is 1.03 bits per heavy atom. The van der Waals surface area contributed by atoms with Crippen LogP contribution in [0.3, 0.4) is 0 Å². The summed E-state index contributed by atoms with van der Waals surface area (Å²) >= 11 is 0. The van der Waals surface area contributed by atoms with E-state index in [-0.39, 0.29) is 24.4 Å². The summed E-state index contributed by atoms with van der Waals surface area (Å²) in [5, 5.41) is 7.52. The first kappa shape index (κ1) is 22.1. The molecule has 3 amide bonds. The first-order chi connectivity index (χ1) is 13.8. The van der Waals surface area contributed by atoms with E-state index in [1.54, 1.807) is 30.3 Å². The maximum atomic E-state index is 13.0. The fourth-order valence-electron chi connectivity index (χ4n) is 2.34. The lowest BCUT2D eigenvalue weighted by Crippen LogP contribution is -2.31. The molecule has 0 heterocycles. The van der Waals surface area contributed by atoms with Crippen LogP contribution in [0, 0.1) is 0 Å². The molecule has 0 aliphatic carbocycles. The molecule has 0 radical (unpaired) electrons. The fourth-order valence-corrected chi connectivity index (χ4v) is 2.34. The average Bonchev–Trinajstić information content (AvgIpc) is 2.67. The molecule has 6 nitrogen and oxygen atoms in total. The van der Waals surface area contributed by atoms with Crippen molar-refractivity contribution in [3.63, 3.8) is 0 Å². The van der Waals surface area contributed by atoms with Crippen LogP contribution in [0.15, 0.2) is 48.5 Å². The number of carbonyl (C=O) groups is 2. The van der Waals surface area contributed by atoms with Gasteiger partial charge < -0.3 is 20.7 Å². The molecule has 0 aromatic heterocycles. The van der Waals surface area contributed by atoms with Gasteiger partial charge in [-0.15, -0.1) is 0 Å². The molecule has 0 spiro atoms. The minimum atomic E-state index is -4.54. The Labute approximate surface area is 166 Å². The number of nitrogens with one attached hydrogen (secondary N) is 3. The van der Waals surface area contributed by atoms with Crippen molar-refractivity contribution in [1.82, 2.24) is 5.32 Å². The van der Waals surface area contributed by atoms with Gasteiger partial charge in [0.15, 0.2) is 0 Å². The summed E-state index contributed by atoms with van der Waals surface area (Å²) in [4.78, 5) is 23.9. The van der Waals surface area contributed by atoms with Crippen LogP contribution in [-0.4, -0.2) is 25.1 Å². The highest BCUT2D eigenvalue weighted by atomic mass is 19.4. The number of benzene rings is 2. The van der Waals surface area contributed by atoms with E-state index in [1.807, 2.05) is 6.92 Å². The number of rotatable bonds is 8. The van der Waals surface area contributed by atoms with Gasteiger partial charge in [-0.2, -0.15) is 13.2 Å². The van der Waals surface area contributed by atoms with E-state index in [0.717, 1.165) is 12.1 Å². The topological polar surface area (TPSA) is 79.5 Å². The number of amides is 3. The van der Waals surface area contributed by atoms with Crippen LogP contribution in [0.4, 0.5) is 29.3 Å². The smallest absolute Gasteiger partial charge is 0.416 e. The van der Waals surface area contributed by atoms with Crippen molar-refractivity contribution in [2.45, 2.75) is 25.9 Å². The van der Waals surface area contributed by atoms with Gasteiger partial charge in [0.1, 0.15) is 5.75 Å². The molecule has 0 saturated heterocycles. The standard InChI is InChI=1S/C20H22F3N3O3/c1-2-12-29-17-9-8-14(20(21,22)23)13-16(17)26-18(27)10-11-24-19(28)25-15-6-4-3-5-7-15/h3-9,13H,2,10-12H2,1H3,(H,26,27)(H2,24,25,28). The zero-order valence-corrected chi connectivity index (χ0v) is 15.8. The molecule has 156 valence electrons. The predicted octanol–water partition coefficient (Wildman–Crippen LogP) is 4.64. The van der Waals surface area contributed by atoms with Gasteiger partial charge in [0.05, 0.1) is 17.9 Å². The van der Waals surface area contributed by atoms with Crippen LogP contribution in [0.25, 0.3) is 0 Å². The van der Waals surface area contributed by atoms with Crippen LogP contribution in [0.5, 0.6) is 5.75 Å². The van der Waals surface area contributed by atoms with E-state index >= 15 is 0 Å². The second kappa shape index (κ2) is 10.4. The highest BCUT2D eigenvalue weighted by molar-refractivity contribution is 5.93. The van der Waals surface area contributed by atoms with E-state index in [0.29, 0.717) is 18.7 Å². The van der Waals surface area contributed by atoms with Crippen LogP contribution < -0.4 is 20.7 Å². The Hall–Kier alpha value is -3.23. The van der Waals surface area contributed by atoms with Crippen LogP contribution in [-0.2, 0) is 11.0 Å². The summed E-state index contributed by atoms with van der Waals surface area (Å²) in [6.45, 7) is 2.17. The van der Waals surface area contributed by atoms with E-state index in [9.17, 15) is 22.8 Å². The van der Waals surface area contributed by atoms with Crippen molar-refractivity contribution in [2.24, 2.45) is 0 Å². The number of anilines is 2. The molecule has 0 atom stereocenters. The molecule has 29 heavy (non-hydrogen) atoms. The number of halogens is 3. The molecule has 9 heteroatoms. The Morgan fingerprint density at radius 3 is 2.41 bits per heavy atom. The van der Waals surface area contributed by atoms with Crippen molar-refractivity contribution in [3.8, 4) is 5.75 Å². The third kappa shape index (κ3) is 7.36. The molecule has 0 aliphatic rings. The SMILES string of the molecule is CCCOc1ccc(C(F)(F)F)cc1NC(=O)CCNC(=O)Nc1ccccc1. The summed E-state index contributed by atoms with van der Waals surface area (Å²) in [5.41, 5.74) is -0.361. The lowest BCUT2D eigenvalue weighted by atomic mass is 10.1. The van der Waals surface area contributed by atoms with E-state index in [1.165, 1.54) is 6.07 Å². The monoisotopic (exact) mass is 409 g/mol. The number of carbonyl (C=O) groups excluding carboxylic acids is 2. The number of para-hydroxylation sites is 1. The summed E-state index contributed by atoms with van der Waals surface area (Å²) in [6.07, 6.45) is -4.00. The van der Waals surface area contributed by atoms with Gasteiger partial charge in [-0.1, -0.05) is 25.1 Å². The minimum Gasteiger partial charge on any atom is -0.491 e. The normalized spacial score (nSPS) is 10.9. The number of ether oxygens (including phenoxy) is 1. The fraction of sp³-hybridized carbons (Fsp3) is 0.300. The number of hydrogen-bond acceptors (Lipinski definition) is 3. The van der Waals surface area contributed by atoms with Gasteiger partial charge in [-0.05, 0) is 36.8 Å². The Bertz CT molecular complexity index is 827. The quantitative estimate of drug-likeness (QED) is 0.594. The molecule has 2 aromatic carbocycles. The lowest BCUT2D eigenvalue weighted by Gasteiger charge is -2.15. The highest BCUT2D eigenvalue weighted by Crippen LogP contribution is 2.35. The molecule has 0 aliphatic heterocycles. The van der Waals surface area contributed by atoms with Gasteiger partial charge in [0.2, 0.25) is 5.91 Å². The van der Waals surface area contributed by atoms with Gasteiger partial charge in [-0.25, -0.2) is 4.79 Å². The van der Waals surface area contributed by atoms with E-state index in [4.69, 9.17) is 4.74 Å². The van der Waals surface area contributed by atoms with Gasteiger partial charge in [0.25, 0.3) is 0 Å².